The van der Waals surface area contributed by atoms with Crippen molar-refractivity contribution >= 4 is 17.0 Å². The molecule has 0 aliphatic heterocycles. The molecule has 0 unspecified atom stereocenters. The first-order valence-corrected chi connectivity index (χ1v) is 3.96. The summed E-state index contributed by atoms with van der Waals surface area (Å²) in [4.78, 5) is 9.59. The van der Waals surface area contributed by atoms with Crippen LogP contribution >= 0.6 is 11.6 Å². The molecule has 0 rings (SSSR count). The quantitative estimate of drug-likeness (QED) is 0.629. The second-order valence-electron chi connectivity index (χ2n) is 1.45. The minimum absolute atomic E-state index is 0.350. The predicted octanol–water partition coefficient (Wildman–Crippen LogP) is 2.42. The Labute approximate surface area is 72.6 Å². The van der Waals surface area contributed by atoms with E-state index < -0.39 is 5.43 Å². The maximum Gasteiger partial charge on any atom is 0.403 e. The molecule has 0 saturated heterocycles. The average Bonchev–Trinajstić information content (AvgIpc) is 1.90. The van der Waals surface area contributed by atoms with Crippen LogP contribution in [0.25, 0.3) is 0 Å². The van der Waals surface area contributed by atoms with Gasteiger partial charge in [-0.2, -0.15) is 0 Å². The minimum atomic E-state index is -0.738. The monoisotopic (exact) mass is 182 g/mol. The molecule has 0 aromatic rings. The SMILES string of the molecule is CCOC(=O)Cl.CCOCC. The van der Waals surface area contributed by atoms with Crippen LogP contribution in [0.3, 0.4) is 0 Å². The molecule has 0 amide bonds. The van der Waals surface area contributed by atoms with Crippen molar-refractivity contribution in [3.8, 4) is 0 Å². The lowest BCUT2D eigenvalue weighted by molar-refractivity contribution is 0.162. The molecule has 0 aliphatic rings. The highest BCUT2D eigenvalue weighted by atomic mass is 35.5. The van der Waals surface area contributed by atoms with Crippen LogP contribution in [-0.2, 0) is 9.47 Å². The molecule has 0 fully saturated rings. The first-order valence-electron chi connectivity index (χ1n) is 3.58. The van der Waals surface area contributed by atoms with Crippen molar-refractivity contribution in [3.05, 3.63) is 0 Å². The molecule has 0 N–H and O–H groups in total. The fourth-order valence-corrected chi connectivity index (χ4v) is 0.427. The average molecular weight is 183 g/mol. The fraction of sp³-hybridized carbons (Fsp3) is 0.857. The van der Waals surface area contributed by atoms with Crippen LogP contribution < -0.4 is 0 Å². The lowest BCUT2D eigenvalue weighted by Gasteiger charge is -1.86. The van der Waals surface area contributed by atoms with Gasteiger partial charge in [-0.25, -0.2) is 4.79 Å². The van der Waals surface area contributed by atoms with Gasteiger partial charge in [-0.15, -0.1) is 0 Å². The van der Waals surface area contributed by atoms with Gasteiger partial charge in [0, 0.05) is 24.8 Å². The van der Waals surface area contributed by atoms with Gasteiger partial charge in [-0.1, -0.05) is 0 Å². The number of carbonyl (C=O) groups is 1. The van der Waals surface area contributed by atoms with Crippen molar-refractivity contribution in [2.24, 2.45) is 0 Å². The lowest BCUT2D eigenvalue weighted by Crippen LogP contribution is -1.89. The van der Waals surface area contributed by atoms with Crippen LogP contribution in [0.15, 0.2) is 0 Å². The first-order chi connectivity index (χ1) is 5.18. The Kier molecular flexibility index (Phi) is 15.0. The van der Waals surface area contributed by atoms with E-state index >= 15 is 0 Å². The maximum atomic E-state index is 9.59. The van der Waals surface area contributed by atoms with Gasteiger partial charge >= 0.3 is 5.43 Å². The normalized spacial score (nSPS) is 8.00. The maximum absolute atomic E-state index is 9.59. The number of ether oxygens (including phenoxy) is 2. The van der Waals surface area contributed by atoms with Gasteiger partial charge in [-0.3, -0.25) is 0 Å². The summed E-state index contributed by atoms with van der Waals surface area (Å²) < 4.78 is 9.00. The Morgan fingerprint density at radius 1 is 1.18 bits per heavy atom. The van der Waals surface area contributed by atoms with Gasteiger partial charge in [0.2, 0.25) is 0 Å². The van der Waals surface area contributed by atoms with Gasteiger partial charge in [0.1, 0.15) is 0 Å². The summed E-state index contributed by atoms with van der Waals surface area (Å²) in [7, 11) is 0. The van der Waals surface area contributed by atoms with E-state index in [0.717, 1.165) is 13.2 Å². The molecule has 0 atom stereocenters. The smallest absolute Gasteiger partial charge is 0.403 e. The van der Waals surface area contributed by atoms with Gasteiger partial charge in [0.25, 0.3) is 0 Å². The van der Waals surface area contributed by atoms with Crippen molar-refractivity contribution in [3.63, 3.8) is 0 Å². The largest absolute Gasteiger partial charge is 0.454 e. The van der Waals surface area contributed by atoms with E-state index in [1.807, 2.05) is 13.8 Å². The summed E-state index contributed by atoms with van der Waals surface area (Å²) >= 11 is 4.72. The number of halogens is 1. The third kappa shape index (κ3) is 26.0. The van der Waals surface area contributed by atoms with Gasteiger partial charge in [0.05, 0.1) is 6.61 Å². The molecule has 3 nitrogen and oxygen atoms in total. The van der Waals surface area contributed by atoms with Crippen LogP contribution in [0.4, 0.5) is 4.79 Å². The molecule has 0 heterocycles. The molecule has 0 aromatic carbocycles. The topological polar surface area (TPSA) is 35.5 Å². The summed E-state index contributed by atoms with van der Waals surface area (Å²) in [5, 5.41) is 0. The Morgan fingerprint density at radius 2 is 1.64 bits per heavy atom. The van der Waals surface area contributed by atoms with Crippen LogP contribution in [0.1, 0.15) is 20.8 Å². The van der Waals surface area contributed by atoms with Crippen molar-refractivity contribution in [1.82, 2.24) is 0 Å². The van der Waals surface area contributed by atoms with E-state index in [2.05, 4.69) is 4.74 Å². The van der Waals surface area contributed by atoms with Crippen LogP contribution in [-0.4, -0.2) is 25.2 Å². The van der Waals surface area contributed by atoms with Crippen LogP contribution in [0.5, 0.6) is 0 Å². The highest BCUT2D eigenvalue weighted by molar-refractivity contribution is 6.61. The lowest BCUT2D eigenvalue weighted by atomic mass is 10.8. The molecule has 0 aromatic heterocycles. The number of hydrogen-bond acceptors (Lipinski definition) is 3. The third-order valence-corrected chi connectivity index (χ3v) is 0.775. The molecule has 0 aliphatic carbocycles. The summed E-state index contributed by atoms with van der Waals surface area (Å²) in [6.07, 6.45) is 0. The highest BCUT2D eigenvalue weighted by Crippen LogP contribution is 1.82. The predicted molar refractivity (Wildman–Crippen MR) is 45.0 cm³/mol. The molecular weight excluding hydrogens is 168 g/mol. The Balaban J connectivity index is 0. The third-order valence-electron chi connectivity index (χ3n) is 0.666. The highest BCUT2D eigenvalue weighted by Gasteiger charge is 1.86. The second-order valence-corrected chi connectivity index (χ2v) is 1.76. The standard InChI is InChI=1S/C4H10O.C3H5ClO2/c1-3-5-4-2;1-2-6-3(4)5/h3-4H2,1-2H3;2H2,1H3. The van der Waals surface area contributed by atoms with E-state index in [4.69, 9.17) is 16.3 Å². The molecule has 4 heteroatoms. The minimum Gasteiger partial charge on any atom is -0.454 e. The van der Waals surface area contributed by atoms with Crippen molar-refractivity contribution < 1.29 is 14.3 Å². The van der Waals surface area contributed by atoms with Gasteiger partial charge in [-0.05, 0) is 20.8 Å². The van der Waals surface area contributed by atoms with Gasteiger partial charge < -0.3 is 9.47 Å². The van der Waals surface area contributed by atoms with Crippen molar-refractivity contribution in [1.29, 1.82) is 0 Å². The molecule has 0 radical (unpaired) electrons. The summed E-state index contributed by atoms with van der Waals surface area (Å²) in [6.45, 7) is 7.71. The number of hydrogen-bond donors (Lipinski definition) is 0. The van der Waals surface area contributed by atoms with Gasteiger partial charge in [0.15, 0.2) is 0 Å². The number of carbonyl (C=O) groups excluding carboxylic acids is 1. The Hall–Kier alpha value is -0.280. The number of rotatable bonds is 3. The molecular formula is C7H15ClO3. The second kappa shape index (κ2) is 12.4. The van der Waals surface area contributed by atoms with Crippen LogP contribution in [0.2, 0.25) is 0 Å². The van der Waals surface area contributed by atoms with Crippen molar-refractivity contribution in [2.45, 2.75) is 20.8 Å². The summed E-state index contributed by atoms with van der Waals surface area (Å²) in [6, 6.07) is 0. The zero-order valence-corrected chi connectivity index (χ0v) is 7.98. The fourth-order valence-electron chi connectivity index (χ4n) is 0.318. The Morgan fingerprint density at radius 3 is 1.64 bits per heavy atom. The zero-order chi connectivity index (χ0) is 9.11. The summed E-state index contributed by atoms with van der Waals surface area (Å²) in [5.41, 5.74) is -0.738. The molecule has 11 heavy (non-hydrogen) atoms. The van der Waals surface area contributed by atoms with E-state index in [-0.39, 0.29) is 0 Å². The molecule has 0 bridgehead atoms. The Bertz CT molecular complexity index is 83.8. The van der Waals surface area contributed by atoms with E-state index in [0.29, 0.717) is 6.61 Å². The van der Waals surface area contributed by atoms with E-state index in [1.165, 1.54) is 0 Å². The van der Waals surface area contributed by atoms with Crippen LogP contribution in [0, 0.1) is 0 Å². The molecule has 0 saturated carbocycles. The summed E-state index contributed by atoms with van der Waals surface area (Å²) in [5.74, 6) is 0. The molecule has 0 spiro atoms. The molecule has 68 valence electrons. The zero-order valence-electron chi connectivity index (χ0n) is 7.22. The first kappa shape index (κ1) is 13.3. The van der Waals surface area contributed by atoms with E-state index in [9.17, 15) is 4.79 Å². The van der Waals surface area contributed by atoms with Crippen molar-refractivity contribution in [2.75, 3.05) is 19.8 Å². The van der Waals surface area contributed by atoms with E-state index in [1.54, 1.807) is 6.92 Å².